The molecule has 0 fully saturated rings. The normalized spacial score (nSPS) is 13.5. The molecule has 0 spiro atoms. The number of nitrogen functional groups attached to an aromatic ring is 1. The number of amides is 1. The van der Waals surface area contributed by atoms with Crippen molar-refractivity contribution in [2.75, 3.05) is 25.6 Å². The molecule has 0 radical (unpaired) electrons. The van der Waals surface area contributed by atoms with Crippen LogP contribution in [-0.2, 0) is 0 Å². The third-order valence-corrected chi connectivity index (χ3v) is 5.76. The first-order valence-corrected chi connectivity index (χ1v) is 11.0. The van der Waals surface area contributed by atoms with E-state index in [1.165, 1.54) is 0 Å². The minimum absolute atomic E-state index is 0.0444. The van der Waals surface area contributed by atoms with Gasteiger partial charge in [0.1, 0.15) is 31.1 Å². The lowest BCUT2D eigenvalue weighted by molar-refractivity contribution is 0.0696. The van der Waals surface area contributed by atoms with Gasteiger partial charge in [-0.15, -0.1) is 0 Å². The van der Waals surface area contributed by atoms with E-state index in [-0.39, 0.29) is 35.7 Å². The van der Waals surface area contributed by atoms with E-state index in [2.05, 4.69) is 10.3 Å². The van der Waals surface area contributed by atoms with Crippen LogP contribution in [-0.4, -0.2) is 47.8 Å². The van der Waals surface area contributed by atoms with E-state index in [1.54, 1.807) is 43.3 Å². The summed E-state index contributed by atoms with van der Waals surface area (Å²) in [5.41, 5.74) is 7.53. The van der Waals surface area contributed by atoms with E-state index in [0.29, 0.717) is 52.6 Å². The molecule has 178 valence electrons. The molecule has 3 aromatic rings. The van der Waals surface area contributed by atoms with E-state index >= 15 is 0 Å². The molecule has 0 aliphatic carbocycles. The fourth-order valence-corrected chi connectivity index (χ4v) is 3.91. The Hall–Kier alpha value is -4.01. The molecule has 34 heavy (non-hydrogen) atoms. The number of aryl methyl sites for hydroxylation is 1. The number of carboxylic acids is 1. The Morgan fingerprint density at radius 2 is 1.91 bits per heavy atom. The number of carbonyl (C=O) groups is 2. The molecule has 0 saturated heterocycles. The Labute approximate surface area is 196 Å². The second-order valence-corrected chi connectivity index (χ2v) is 8.41. The number of ether oxygens (including phenoxy) is 3. The first-order valence-electron chi connectivity index (χ1n) is 11.0. The number of para-hydroxylation sites is 1. The molecule has 0 saturated carbocycles. The predicted molar refractivity (Wildman–Crippen MR) is 127 cm³/mol. The number of hydrogen-bond acceptors (Lipinski definition) is 7. The highest BCUT2D eigenvalue weighted by Gasteiger charge is 2.25. The minimum Gasteiger partial charge on any atom is -0.491 e. The quantitative estimate of drug-likeness (QED) is 0.483. The van der Waals surface area contributed by atoms with Crippen LogP contribution in [0.5, 0.6) is 17.2 Å². The smallest absolute Gasteiger partial charge is 0.339 e. The number of hydrogen-bond donors (Lipinski definition) is 3. The molecule has 0 bridgehead atoms. The van der Waals surface area contributed by atoms with Crippen LogP contribution in [0, 0.1) is 12.8 Å². The number of rotatable bonds is 7. The summed E-state index contributed by atoms with van der Waals surface area (Å²) in [7, 11) is 0. The molecule has 2 heterocycles. The van der Waals surface area contributed by atoms with Crippen molar-refractivity contribution in [3.05, 3.63) is 53.2 Å². The first-order chi connectivity index (χ1) is 16.3. The second-order valence-electron chi connectivity index (χ2n) is 8.41. The number of carboxylic acid groups (broad SMARTS) is 1. The number of nitrogens with one attached hydrogen (secondary N) is 1. The predicted octanol–water partition coefficient (Wildman–Crippen LogP) is 3.43. The van der Waals surface area contributed by atoms with Gasteiger partial charge in [-0.25, -0.2) is 4.79 Å². The van der Waals surface area contributed by atoms with Crippen molar-refractivity contribution >= 4 is 28.5 Å². The third-order valence-electron chi connectivity index (χ3n) is 5.76. The first kappa shape index (κ1) is 23.2. The maximum Gasteiger partial charge on any atom is 0.339 e. The molecule has 4 N–H and O–H groups in total. The maximum atomic E-state index is 13.1. The van der Waals surface area contributed by atoms with Gasteiger partial charge in [-0.05, 0) is 37.1 Å². The molecule has 1 aromatic heterocycles. The van der Waals surface area contributed by atoms with Crippen LogP contribution in [0.3, 0.4) is 0 Å². The van der Waals surface area contributed by atoms with E-state index in [1.807, 2.05) is 13.8 Å². The highest BCUT2D eigenvalue weighted by atomic mass is 16.6. The molecule has 9 nitrogen and oxygen atoms in total. The van der Waals surface area contributed by atoms with E-state index < -0.39 is 5.97 Å². The van der Waals surface area contributed by atoms with Gasteiger partial charge < -0.3 is 30.4 Å². The second kappa shape index (κ2) is 9.46. The summed E-state index contributed by atoms with van der Waals surface area (Å²) >= 11 is 0. The number of aromatic carboxylic acids is 1. The minimum atomic E-state index is -1.15. The summed E-state index contributed by atoms with van der Waals surface area (Å²) in [6.07, 6.45) is 0. The molecule has 1 amide bonds. The number of anilines is 1. The monoisotopic (exact) mass is 465 g/mol. The summed E-state index contributed by atoms with van der Waals surface area (Å²) in [6.45, 7) is 6.51. The summed E-state index contributed by atoms with van der Waals surface area (Å²) in [6, 6.07) is 10.1. The number of nitrogens with two attached hydrogens (primary N) is 1. The molecule has 2 aromatic carbocycles. The Balaban J connectivity index is 1.58. The van der Waals surface area contributed by atoms with Crippen molar-refractivity contribution in [1.82, 2.24) is 10.3 Å². The van der Waals surface area contributed by atoms with Crippen molar-refractivity contribution < 1.29 is 28.9 Å². The highest BCUT2D eigenvalue weighted by Crippen LogP contribution is 2.35. The van der Waals surface area contributed by atoms with Gasteiger partial charge in [0.2, 0.25) is 0 Å². The Morgan fingerprint density at radius 3 is 2.65 bits per heavy atom. The lowest BCUT2D eigenvalue weighted by atomic mass is 10.0. The topological polar surface area (TPSA) is 133 Å². The van der Waals surface area contributed by atoms with Crippen LogP contribution in [0.4, 0.5) is 5.69 Å². The SMILES string of the molecule is Cc1nc2cccc(OCC(NC(=O)c3cccc4c3OCCO4)C(C)C)c2c(N)c1C(=O)O. The van der Waals surface area contributed by atoms with Gasteiger partial charge in [0.05, 0.1) is 33.9 Å². The molecule has 1 unspecified atom stereocenters. The zero-order valence-corrected chi connectivity index (χ0v) is 19.3. The zero-order valence-electron chi connectivity index (χ0n) is 19.3. The molecule has 9 heteroatoms. The van der Waals surface area contributed by atoms with Crippen LogP contribution in [0.2, 0.25) is 0 Å². The van der Waals surface area contributed by atoms with Crippen LogP contribution >= 0.6 is 0 Å². The lowest BCUT2D eigenvalue weighted by Gasteiger charge is -2.25. The maximum absolute atomic E-state index is 13.1. The van der Waals surface area contributed by atoms with Crippen molar-refractivity contribution in [3.63, 3.8) is 0 Å². The van der Waals surface area contributed by atoms with E-state index in [0.717, 1.165) is 0 Å². The third kappa shape index (κ3) is 4.41. The number of aromatic nitrogens is 1. The Bertz CT molecular complexity index is 1260. The number of carbonyl (C=O) groups excluding carboxylic acids is 1. The summed E-state index contributed by atoms with van der Waals surface area (Å²) in [5, 5.41) is 13.0. The Morgan fingerprint density at radius 1 is 1.18 bits per heavy atom. The molecular weight excluding hydrogens is 438 g/mol. The Kier molecular flexibility index (Phi) is 6.45. The van der Waals surface area contributed by atoms with Crippen molar-refractivity contribution in [3.8, 4) is 17.2 Å². The number of nitrogens with zero attached hydrogens (tertiary/aromatic N) is 1. The lowest BCUT2D eigenvalue weighted by Crippen LogP contribution is -2.43. The van der Waals surface area contributed by atoms with Gasteiger partial charge in [-0.2, -0.15) is 0 Å². The van der Waals surface area contributed by atoms with Crippen LogP contribution < -0.4 is 25.3 Å². The van der Waals surface area contributed by atoms with Gasteiger partial charge in [0, 0.05) is 0 Å². The average Bonchev–Trinajstić information content (AvgIpc) is 2.80. The summed E-state index contributed by atoms with van der Waals surface area (Å²) in [4.78, 5) is 29.1. The molecule has 4 rings (SSSR count). The van der Waals surface area contributed by atoms with E-state index in [4.69, 9.17) is 19.9 Å². The average molecular weight is 466 g/mol. The van der Waals surface area contributed by atoms with Gasteiger partial charge in [0.15, 0.2) is 11.5 Å². The largest absolute Gasteiger partial charge is 0.491 e. The molecule has 1 atom stereocenters. The van der Waals surface area contributed by atoms with Gasteiger partial charge in [-0.3, -0.25) is 9.78 Å². The number of benzene rings is 2. The standard InChI is InChI=1S/C25H27N3O6/c1-13(2)17(28-24(29)15-6-4-9-19-23(15)33-11-10-32-19)12-34-18-8-5-7-16-21(18)22(26)20(25(30)31)14(3)27-16/h4-9,13,17H,10-12H2,1-3H3,(H2,26,27)(H,28,29)(H,30,31). The van der Waals surface area contributed by atoms with Gasteiger partial charge >= 0.3 is 5.97 Å². The molecule has 1 aliphatic rings. The summed E-state index contributed by atoms with van der Waals surface area (Å²) < 4.78 is 17.3. The van der Waals surface area contributed by atoms with Crippen molar-refractivity contribution in [2.45, 2.75) is 26.8 Å². The zero-order chi connectivity index (χ0) is 24.4. The van der Waals surface area contributed by atoms with Crippen LogP contribution in [0.25, 0.3) is 10.9 Å². The number of fused-ring (bicyclic) bond motifs is 2. The van der Waals surface area contributed by atoms with Crippen molar-refractivity contribution in [2.24, 2.45) is 5.92 Å². The van der Waals surface area contributed by atoms with Gasteiger partial charge in [-0.1, -0.05) is 26.0 Å². The number of pyridine rings is 1. The van der Waals surface area contributed by atoms with Gasteiger partial charge in [0.25, 0.3) is 5.91 Å². The van der Waals surface area contributed by atoms with Crippen LogP contribution in [0.15, 0.2) is 36.4 Å². The van der Waals surface area contributed by atoms with Crippen molar-refractivity contribution in [1.29, 1.82) is 0 Å². The van der Waals surface area contributed by atoms with E-state index in [9.17, 15) is 14.7 Å². The highest BCUT2D eigenvalue weighted by molar-refractivity contribution is 6.06. The fourth-order valence-electron chi connectivity index (χ4n) is 3.91. The molecular formula is C25H27N3O6. The summed E-state index contributed by atoms with van der Waals surface area (Å²) in [5.74, 6) is -0.0308. The fraction of sp³-hybridized carbons (Fsp3) is 0.320. The molecule has 1 aliphatic heterocycles. The van der Waals surface area contributed by atoms with Crippen LogP contribution in [0.1, 0.15) is 40.3 Å².